The third-order valence-electron chi connectivity index (χ3n) is 6.39. The molecule has 1 aliphatic heterocycles. The van der Waals surface area contributed by atoms with Crippen LogP contribution in [0.25, 0.3) is 10.9 Å². The maximum Gasteiger partial charge on any atom is 0.181 e. The van der Waals surface area contributed by atoms with Crippen molar-refractivity contribution in [2.45, 2.75) is 25.7 Å². The zero-order valence-corrected chi connectivity index (χ0v) is 20.1. The molecular formula is C25H31FN8O. The Balaban J connectivity index is 1.34. The molecule has 0 bridgehead atoms. The van der Waals surface area contributed by atoms with Crippen LogP contribution in [0, 0.1) is 12.7 Å². The van der Waals surface area contributed by atoms with E-state index in [0.717, 1.165) is 48.5 Å². The van der Waals surface area contributed by atoms with Gasteiger partial charge in [-0.3, -0.25) is 5.10 Å². The van der Waals surface area contributed by atoms with E-state index in [2.05, 4.69) is 54.0 Å². The summed E-state index contributed by atoms with van der Waals surface area (Å²) in [5.41, 5.74) is 2.84. The standard InChI is InChI=1S/C25H31FN8O/c1-16-10-18-11-22(19(26)12-20(18)29-16)35-15-28-25(34-8-6-33(3)7-9-34)14-23(27-2)30-24-13-21(31-32-24)17-4-5-17/h10-14,17,29H,2,4-9,15H2,1,3H3,(H2,30,31,32)/b23-14+,28-25+. The lowest BCUT2D eigenvalue weighted by Gasteiger charge is -2.33. The number of ether oxygens (including phenoxy) is 1. The zero-order chi connectivity index (χ0) is 24.4. The second-order valence-corrected chi connectivity index (χ2v) is 9.20. The van der Waals surface area contributed by atoms with Gasteiger partial charge in [0.25, 0.3) is 0 Å². The number of amidine groups is 1. The fourth-order valence-electron chi connectivity index (χ4n) is 4.21. The molecule has 0 unspecified atom stereocenters. The molecule has 35 heavy (non-hydrogen) atoms. The lowest BCUT2D eigenvalue weighted by molar-refractivity contribution is 0.214. The average Bonchev–Trinajstić information content (AvgIpc) is 3.48. The Labute approximate surface area is 203 Å². The summed E-state index contributed by atoms with van der Waals surface area (Å²) in [6.45, 7) is 9.08. The summed E-state index contributed by atoms with van der Waals surface area (Å²) >= 11 is 0. The lowest BCUT2D eigenvalue weighted by atomic mass is 10.2. The largest absolute Gasteiger partial charge is 0.468 e. The van der Waals surface area contributed by atoms with Gasteiger partial charge in [-0.15, -0.1) is 0 Å². The third kappa shape index (κ3) is 5.54. The molecule has 1 aliphatic carbocycles. The molecular weight excluding hydrogens is 447 g/mol. The summed E-state index contributed by atoms with van der Waals surface area (Å²) in [5, 5.41) is 11.5. The van der Waals surface area contributed by atoms with Crippen molar-refractivity contribution in [3.05, 3.63) is 53.4 Å². The number of hydrogen-bond acceptors (Lipinski definition) is 6. The van der Waals surface area contributed by atoms with Gasteiger partial charge in [0.05, 0.1) is 0 Å². The van der Waals surface area contributed by atoms with E-state index >= 15 is 0 Å². The van der Waals surface area contributed by atoms with Crippen LogP contribution in [0.2, 0.25) is 0 Å². The first-order valence-electron chi connectivity index (χ1n) is 11.9. The van der Waals surface area contributed by atoms with Gasteiger partial charge in [-0.25, -0.2) is 14.4 Å². The molecule has 10 heteroatoms. The highest BCUT2D eigenvalue weighted by Crippen LogP contribution is 2.39. The monoisotopic (exact) mass is 478 g/mol. The van der Waals surface area contributed by atoms with Crippen molar-refractivity contribution in [2.75, 3.05) is 45.3 Å². The number of nitrogens with one attached hydrogen (secondary N) is 3. The second kappa shape index (κ2) is 9.91. The number of H-pyrrole nitrogens is 2. The summed E-state index contributed by atoms with van der Waals surface area (Å²) < 4.78 is 20.3. The highest BCUT2D eigenvalue weighted by molar-refractivity contribution is 5.94. The first-order valence-corrected chi connectivity index (χ1v) is 11.9. The Kier molecular flexibility index (Phi) is 6.54. The first-order chi connectivity index (χ1) is 17.0. The predicted octanol–water partition coefficient (Wildman–Crippen LogP) is 3.85. The minimum atomic E-state index is -0.425. The molecule has 1 saturated carbocycles. The van der Waals surface area contributed by atoms with Crippen molar-refractivity contribution in [3.63, 3.8) is 0 Å². The number of piperazine rings is 1. The molecule has 0 amide bonds. The van der Waals surface area contributed by atoms with Crippen molar-refractivity contribution < 1.29 is 9.13 Å². The molecule has 184 valence electrons. The van der Waals surface area contributed by atoms with Gasteiger partial charge in [-0.2, -0.15) is 5.10 Å². The molecule has 3 heterocycles. The second-order valence-electron chi connectivity index (χ2n) is 9.20. The van der Waals surface area contributed by atoms with Crippen LogP contribution in [0.1, 0.15) is 30.1 Å². The number of hydrogen-bond donors (Lipinski definition) is 3. The van der Waals surface area contributed by atoms with E-state index in [0.29, 0.717) is 23.4 Å². The van der Waals surface area contributed by atoms with Gasteiger partial charge in [-0.05, 0) is 45.7 Å². The molecule has 0 spiro atoms. The summed E-state index contributed by atoms with van der Waals surface area (Å²) in [6.07, 6.45) is 4.23. The van der Waals surface area contributed by atoms with Gasteiger partial charge in [-0.1, -0.05) is 0 Å². The number of rotatable bonds is 8. The van der Waals surface area contributed by atoms with Crippen molar-refractivity contribution >= 4 is 29.3 Å². The number of nitrogens with zero attached hydrogens (tertiary/aromatic N) is 5. The Morgan fingerprint density at radius 3 is 2.80 bits per heavy atom. The van der Waals surface area contributed by atoms with Crippen LogP contribution >= 0.6 is 0 Å². The molecule has 0 radical (unpaired) electrons. The lowest BCUT2D eigenvalue weighted by Crippen LogP contribution is -2.47. The van der Waals surface area contributed by atoms with Crippen LogP contribution < -0.4 is 10.1 Å². The third-order valence-corrected chi connectivity index (χ3v) is 6.39. The van der Waals surface area contributed by atoms with E-state index in [9.17, 15) is 4.39 Å². The van der Waals surface area contributed by atoms with Crippen LogP contribution in [-0.2, 0) is 0 Å². The highest BCUT2D eigenvalue weighted by atomic mass is 19.1. The molecule has 2 aliphatic rings. The first kappa shape index (κ1) is 23.1. The molecule has 0 atom stereocenters. The van der Waals surface area contributed by atoms with Crippen LogP contribution in [0.4, 0.5) is 10.2 Å². The van der Waals surface area contributed by atoms with Crippen LogP contribution in [0.15, 0.2) is 46.1 Å². The molecule has 5 rings (SSSR count). The zero-order valence-electron chi connectivity index (χ0n) is 20.1. The van der Waals surface area contributed by atoms with Crippen molar-refractivity contribution in [3.8, 4) is 5.75 Å². The molecule has 1 aromatic carbocycles. The minimum absolute atomic E-state index is 0.0251. The SMILES string of the molecule is C=N/C(=C\C(=N/COc1cc2cc(C)[nH]c2cc1F)N1CCN(C)CC1)Nc1cc(C2CC2)[nH]n1. The number of benzene rings is 1. The van der Waals surface area contributed by atoms with E-state index in [1.54, 1.807) is 6.07 Å². The normalized spacial score (nSPS) is 17.7. The fraction of sp³-hybridized carbons (Fsp3) is 0.400. The number of aliphatic imine (C=N–C) groups is 2. The Bertz CT molecular complexity index is 1260. The van der Waals surface area contributed by atoms with Gasteiger partial charge in [0.2, 0.25) is 0 Å². The number of anilines is 1. The predicted molar refractivity (Wildman–Crippen MR) is 137 cm³/mol. The van der Waals surface area contributed by atoms with E-state index < -0.39 is 5.82 Å². The van der Waals surface area contributed by atoms with Crippen LogP contribution in [0.3, 0.4) is 0 Å². The van der Waals surface area contributed by atoms with E-state index in [4.69, 9.17) is 4.74 Å². The minimum Gasteiger partial charge on any atom is -0.468 e. The van der Waals surface area contributed by atoms with Crippen molar-refractivity contribution in [1.82, 2.24) is 25.0 Å². The van der Waals surface area contributed by atoms with E-state index in [1.165, 1.54) is 18.9 Å². The van der Waals surface area contributed by atoms with Gasteiger partial charge < -0.3 is 24.8 Å². The number of aryl methyl sites for hydroxylation is 1. The molecule has 2 fully saturated rings. The quantitative estimate of drug-likeness (QED) is 0.338. The maximum absolute atomic E-state index is 14.6. The van der Waals surface area contributed by atoms with Gasteiger partial charge in [0.1, 0.15) is 11.7 Å². The average molecular weight is 479 g/mol. The van der Waals surface area contributed by atoms with Crippen LogP contribution in [-0.4, -0.2) is 77.5 Å². The van der Waals surface area contributed by atoms with Crippen molar-refractivity contribution in [1.29, 1.82) is 0 Å². The molecule has 9 nitrogen and oxygen atoms in total. The Morgan fingerprint density at radius 2 is 2.06 bits per heavy atom. The van der Waals surface area contributed by atoms with Crippen molar-refractivity contribution in [2.24, 2.45) is 9.98 Å². The van der Waals surface area contributed by atoms with Gasteiger partial charge in [0.15, 0.2) is 24.1 Å². The van der Waals surface area contributed by atoms with E-state index in [-0.39, 0.29) is 12.5 Å². The molecule has 1 saturated heterocycles. The molecule has 2 aromatic heterocycles. The number of fused-ring (bicyclic) bond motifs is 1. The number of aromatic nitrogens is 3. The summed E-state index contributed by atoms with van der Waals surface area (Å²) in [6, 6.07) is 7.11. The van der Waals surface area contributed by atoms with E-state index in [1.807, 2.05) is 25.1 Å². The highest BCUT2D eigenvalue weighted by Gasteiger charge is 2.25. The van der Waals surface area contributed by atoms with Crippen LogP contribution in [0.5, 0.6) is 5.75 Å². The number of halogens is 1. The maximum atomic E-state index is 14.6. The van der Waals surface area contributed by atoms with Gasteiger partial charge >= 0.3 is 0 Å². The topological polar surface area (TPSA) is 96.9 Å². The van der Waals surface area contributed by atoms with Gasteiger partial charge in [0, 0.05) is 72.6 Å². The number of likely N-dealkylation sites (N-methyl/N-ethyl adjacent to an activating group) is 1. The summed E-state index contributed by atoms with van der Waals surface area (Å²) in [4.78, 5) is 16.4. The Morgan fingerprint density at radius 1 is 1.26 bits per heavy atom. The Hall–Kier alpha value is -3.66. The molecule has 3 aromatic rings. The smallest absolute Gasteiger partial charge is 0.181 e. The summed E-state index contributed by atoms with van der Waals surface area (Å²) in [7, 11) is 2.10. The summed E-state index contributed by atoms with van der Waals surface area (Å²) in [5.74, 6) is 2.25. The number of aromatic amines is 2. The fourth-order valence-corrected chi connectivity index (χ4v) is 4.21. The molecule has 3 N–H and O–H groups in total.